The Kier molecular flexibility index (Phi) is 8.23. The average molecular weight is 439 g/mol. The standard InChI is InChI=1S/C19H20Cl2N4O4/c1-3-24(4-2)17-7-6-15(25(27)28)9-13(17)11-22-23-19(26)12-29-18-8-5-14(20)10-16(18)21/h5-11H,3-4,12H2,1-2H3,(H,23,26)/b22-11+. The summed E-state index contributed by atoms with van der Waals surface area (Å²) < 4.78 is 5.33. The molecular formula is C19H20Cl2N4O4. The van der Waals surface area contributed by atoms with Gasteiger partial charge in [-0.05, 0) is 38.1 Å². The van der Waals surface area contributed by atoms with E-state index in [2.05, 4.69) is 10.5 Å². The van der Waals surface area contributed by atoms with E-state index in [-0.39, 0.29) is 17.3 Å². The summed E-state index contributed by atoms with van der Waals surface area (Å²) in [6, 6.07) is 9.17. The molecule has 2 rings (SSSR count). The number of rotatable bonds is 9. The minimum absolute atomic E-state index is 0.0607. The number of amides is 1. The van der Waals surface area contributed by atoms with Crippen molar-refractivity contribution in [2.24, 2.45) is 5.10 Å². The van der Waals surface area contributed by atoms with Gasteiger partial charge in [0.2, 0.25) is 0 Å². The second kappa shape index (κ2) is 10.6. The van der Waals surface area contributed by atoms with E-state index in [4.69, 9.17) is 27.9 Å². The third-order valence-corrected chi connectivity index (χ3v) is 4.50. The van der Waals surface area contributed by atoms with Crippen molar-refractivity contribution in [3.05, 3.63) is 62.1 Å². The zero-order valence-electron chi connectivity index (χ0n) is 15.9. The van der Waals surface area contributed by atoms with Crippen molar-refractivity contribution < 1.29 is 14.5 Å². The van der Waals surface area contributed by atoms with E-state index in [9.17, 15) is 14.9 Å². The number of hydrogen-bond donors (Lipinski definition) is 1. The summed E-state index contributed by atoms with van der Waals surface area (Å²) in [5, 5.41) is 15.7. The molecular weight excluding hydrogens is 419 g/mol. The molecule has 0 aromatic heterocycles. The van der Waals surface area contributed by atoms with Gasteiger partial charge in [-0.25, -0.2) is 5.43 Å². The van der Waals surface area contributed by atoms with E-state index in [1.165, 1.54) is 24.4 Å². The molecule has 0 aliphatic heterocycles. The van der Waals surface area contributed by atoms with Crippen LogP contribution in [0.3, 0.4) is 0 Å². The Hall–Kier alpha value is -2.84. The van der Waals surface area contributed by atoms with Crippen molar-refractivity contribution >= 4 is 46.7 Å². The monoisotopic (exact) mass is 438 g/mol. The zero-order valence-corrected chi connectivity index (χ0v) is 17.4. The summed E-state index contributed by atoms with van der Waals surface area (Å²) in [5.74, 6) is -0.195. The first-order valence-electron chi connectivity index (χ1n) is 8.78. The molecule has 8 nitrogen and oxygen atoms in total. The number of hydrogen-bond acceptors (Lipinski definition) is 6. The predicted octanol–water partition coefficient (Wildman–Crippen LogP) is 4.28. The minimum Gasteiger partial charge on any atom is -0.482 e. The molecule has 0 bridgehead atoms. The number of halogens is 2. The highest BCUT2D eigenvalue weighted by molar-refractivity contribution is 6.35. The molecule has 0 heterocycles. The lowest BCUT2D eigenvalue weighted by Gasteiger charge is -2.22. The lowest BCUT2D eigenvalue weighted by Crippen LogP contribution is -2.25. The number of anilines is 1. The molecule has 1 N–H and O–H groups in total. The molecule has 0 atom stereocenters. The molecule has 2 aromatic carbocycles. The van der Waals surface area contributed by atoms with Gasteiger partial charge in [-0.2, -0.15) is 5.10 Å². The lowest BCUT2D eigenvalue weighted by atomic mass is 10.1. The Morgan fingerprint density at radius 2 is 1.97 bits per heavy atom. The highest BCUT2D eigenvalue weighted by Gasteiger charge is 2.13. The predicted molar refractivity (Wildman–Crippen MR) is 114 cm³/mol. The summed E-state index contributed by atoms with van der Waals surface area (Å²) in [6.45, 7) is 5.09. The second-order valence-corrected chi connectivity index (χ2v) is 6.67. The van der Waals surface area contributed by atoms with E-state index >= 15 is 0 Å². The van der Waals surface area contributed by atoms with E-state index in [1.807, 2.05) is 18.7 Å². The largest absolute Gasteiger partial charge is 0.482 e. The first-order chi connectivity index (χ1) is 13.8. The summed E-state index contributed by atoms with van der Waals surface area (Å²) in [7, 11) is 0. The summed E-state index contributed by atoms with van der Waals surface area (Å²) in [4.78, 5) is 24.6. The van der Waals surface area contributed by atoms with Crippen LogP contribution in [0.5, 0.6) is 5.75 Å². The number of nitrogens with one attached hydrogen (secondary N) is 1. The maximum atomic E-state index is 12.0. The van der Waals surface area contributed by atoms with Crippen molar-refractivity contribution in [3.63, 3.8) is 0 Å². The SMILES string of the molecule is CCN(CC)c1ccc([N+](=O)[O-])cc1/C=N/NC(=O)COc1ccc(Cl)cc1Cl. The molecule has 0 fully saturated rings. The average Bonchev–Trinajstić information content (AvgIpc) is 2.69. The minimum atomic E-state index is -0.512. The van der Waals surface area contributed by atoms with Gasteiger partial charge in [-0.3, -0.25) is 14.9 Å². The quantitative estimate of drug-likeness (QED) is 0.358. The Labute approximate surface area is 178 Å². The first kappa shape index (κ1) is 22.4. The second-order valence-electron chi connectivity index (χ2n) is 5.83. The first-order valence-corrected chi connectivity index (χ1v) is 9.54. The van der Waals surface area contributed by atoms with Gasteiger partial charge in [0.15, 0.2) is 6.61 Å². The molecule has 0 radical (unpaired) electrons. The zero-order chi connectivity index (χ0) is 21.4. The van der Waals surface area contributed by atoms with Gasteiger partial charge in [0.25, 0.3) is 11.6 Å². The van der Waals surface area contributed by atoms with Crippen molar-refractivity contribution in [2.45, 2.75) is 13.8 Å². The van der Waals surface area contributed by atoms with Crippen molar-refractivity contribution in [2.75, 3.05) is 24.6 Å². The van der Waals surface area contributed by atoms with Crippen LogP contribution in [0.15, 0.2) is 41.5 Å². The Balaban J connectivity index is 2.06. The highest BCUT2D eigenvalue weighted by atomic mass is 35.5. The fourth-order valence-electron chi connectivity index (χ4n) is 2.55. The fourth-order valence-corrected chi connectivity index (χ4v) is 3.02. The number of carbonyl (C=O) groups is 1. The van der Waals surface area contributed by atoms with Crippen molar-refractivity contribution in [1.29, 1.82) is 0 Å². The van der Waals surface area contributed by atoms with Crippen LogP contribution in [0.4, 0.5) is 11.4 Å². The highest BCUT2D eigenvalue weighted by Crippen LogP contribution is 2.27. The normalized spacial score (nSPS) is 10.8. The molecule has 2 aromatic rings. The van der Waals surface area contributed by atoms with Crippen LogP contribution < -0.4 is 15.1 Å². The molecule has 0 saturated carbocycles. The maximum absolute atomic E-state index is 12.0. The number of ether oxygens (including phenoxy) is 1. The van der Waals surface area contributed by atoms with Gasteiger partial charge in [-0.1, -0.05) is 23.2 Å². The molecule has 1 amide bonds. The van der Waals surface area contributed by atoms with Gasteiger partial charge < -0.3 is 9.64 Å². The number of nitro benzene ring substituents is 1. The molecule has 0 spiro atoms. The van der Waals surface area contributed by atoms with Crippen LogP contribution >= 0.6 is 23.2 Å². The van der Waals surface area contributed by atoms with Crippen LogP contribution in [0.1, 0.15) is 19.4 Å². The lowest BCUT2D eigenvalue weighted by molar-refractivity contribution is -0.384. The summed E-state index contributed by atoms with van der Waals surface area (Å²) in [6.07, 6.45) is 1.37. The molecule has 0 aliphatic carbocycles. The molecule has 0 unspecified atom stereocenters. The molecule has 154 valence electrons. The Morgan fingerprint density at radius 1 is 1.24 bits per heavy atom. The molecule has 0 saturated heterocycles. The van der Waals surface area contributed by atoms with Crippen molar-refractivity contribution in [3.8, 4) is 5.75 Å². The van der Waals surface area contributed by atoms with Gasteiger partial charge in [0.05, 0.1) is 16.2 Å². The van der Waals surface area contributed by atoms with E-state index in [1.54, 1.807) is 18.2 Å². The molecule has 10 heteroatoms. The van der Waals surface area contributed by atoms with Gasteiger partial charge in [-0.15, -0.1) is 0 Å². The van der Waals surface area contributed by atoms with Gasteiger partial charge >= 0.3 is 0 Å². The van der Waals surface area contributed by atoms with Crippen LogP contribution in [-0.4, -0.2) is 36.7 Å². The number of nitro groups is 1. The van der Waals surface area contributed by atoms with Crippen LogP contribution in [0.25, 0.3) is 0 Å². The molecule has 0 aliphatic rings. The Morgan fingerprint density at radius 3 is 2.59 bits per heavy atom. The van der Waals surface area contributed by atoms with Gasteiger partial charge in [0, 0.05) is 41.5 Å². The van der Waals surface area contributed by atoms with E-state index in [0.29, 0.717) is 16.3 Å². The maximum Gasteiger partial charge on any atom is 0.277 e. The van der Waals surface area contributed by atoms with Crippen LogP contribution in [0.2, 0.25) is 10.0 Å². The van der Waals surface area contributed by atoms with E-state index in [0.717, 1.165) is 18.8 Å². The summed E-state index contributed by atoms with van der Waals surface area (Å²) in [5.41, 5.74) is 3.57. The van der Waals surface area contributed by atoms with E-state index < -0.39 is 10.8 Å². The third kappa shape index (κ3) is 6.33. The number of nitrogens with zero attached hydrogens (tertiary/aromatic N) is 3. The number of non-ortho nitro benzene ring substituents is 1. The van der Waals surface area contributed by atoms with Crippen molar-refractivity contribution in [1.82, 2.24) is 5.43 Å². The fraction of sp³-hybridized carbons (Fsp3) is 0.263. The Bertz CT molecular complexity index is 917. The smallest absolute Gasteiger partial charge is 0.277 e. The van der Waals surface area contributed by atoms with Gasteiger partial charge in [0.1, 0.15) is 5.75 Å². The van der Waals surface area contributed by atoms with Crippen LogP contribution in [-0.2, 0) is 4.79 Å². The number of hydrazone groups is 1. The summed E-state index contributed by atoms with van der Waals surface area (Å²) >= 11 is 11.8. The topological polar surface area (TPSA) is 97.1 Å². The number of carbonyl (C=O) groups excluding carboxylic acids is 1. The van der Waals surface area contributed by atoms with Crippen LogP contribution in [0, 0.1) is 10.1 Å². The third-order valence-electron chi connectivity index (χ3n) is 3.97. The molecule has 29 heavy (non-hydrogen) atoms. The number of benzene rings is 2.